The monoisotopic (exact) mass is 301 g/mol. The van der Waals surface area contributed by atoms with Crippen molar-refractivity contribution in [1.82, 2.24) is 0 Å². The topological polar surface area (TPSA) is 37.4 Å². The molecule has 0 heterocycles. The molecule has 0 N–H and O–H groups in total. The zero-order valence-corrected chi connectivity index (χ0v) is 12.4. The van der Waals surface area contributed by atoms with Gasteiger partial charge in [0.1, 0.15) is 0 Å². The Kier molecular flexibility index (Phi) is 4.29. The fourth-order valence-corrected chi connectivity index (χ4v) is 2.51. The van der Waals surface area contributed by atoms with Crippen molar-refractivity contribution in [3.05, 3.63) is 90.0 Å². The number of carbonyl (C=O) groups is 2. The molecule has 112 valence electrons. The number of nitrogens with zero attached hydrogens (tertiary/aromatic N) is 1. The molecule has 0 aliphatic carbocycles. The highest BCUT2D eigenvalue weighted by molar-refractivity contribution is 5.92. The number of rotatable bonds is 5. The molecule has 0 fully saturated rings. The van der Waals surface area contributed by atoms with E-state index in [1.807, 2.05) is 71.6 Å². The molecule has 0 saturated carbocycles. The predicted octanol–water partition coefficient (Wildman–Crippen LogP) is 4.78. The van der Waals surface area contributed by atoms with Gasteiger partial charge in [-0.2, -0.15) is 0 Å². The zero-order valence-electron chi connectivity index (χ0n) is 12.4. The van der Waals surface area contributed by atoms with Crippen LogP contribution in [-0.4, -0.2) is 12.6 Å². The van der Waals surface area contributed by atoms with Gasteiger partial charge in [-0.25, -0.2) is 0 Å². The summed E-state index contributed by atoms with van der Waals surface area (Å²) in [5, 5.41) is 0. The van der Waals surface area contributed by atoms with E-state index in [9.17, 15) is 9.59 Å². The van der Waals surface area contributed by atoms with Crippen LogP contribution in [0.3, 0.4) is 0 Å². The molecule has 0 radical (unpaired) electrons. The summed E-state index contributed by atoms with van der Waals surface area (Å²) in [5.74, 6) is 0. The summed E-state index contributed by atoms with van der Waals surface area (Å²) >= 11 is 0. The van der Waals surface area contributed by atoms with Crippen molar-refractivity contribution in [3.8, 4) is 0 Å². The van der Waals surface area contributed by atoms with E-state index in [0.29, 0.717) is 23.7 Å². The minimum atomic E-state index is 0.384. The summed E-state index contributed by atoms with van der Waals surface area (Å²) in [6.45, 7) is 0. The zero-order chi connectivity index (χ0) is 16.1. The Balaban J connectivity index is 2.16. The van der Waals surface area contributed by atoms with Gasteiger partial charge in [-0.15, -0.1) is 0 Å². The average Bonchev–Trinajstić information content (AvgIpc) is 2.63. The van der Waals surface area contributed by atoms with Crippen LogP contribution >= 0.6 is 0 Å². The van der Waals surface area contributed by atoms with Gasteiger partial charge in [0.25, 0.3) is 0 Å². The molecule has 0 atom stereocenters. The van der Waals surface area contributed by atoms with Crippen LogP contribution in [0.1, 0.15) is 20.7 Å². The second kappa shape index (κ2) is 6.71. The summed E-state index contributed by atoms with van der Waals surface area (Å²) in [4.78, 5) is 24.3. The van der Waals surface area contributed by atoms with Gasteiger partial charge in [-0.05, 0) is 42.5 Å². The molecule has 0 saturated heterocycles. The standard InChI is InChI=1S/C20H15NO2/c22-14-16-11-12-20(13-17(16)15-23)21(18-7-3-1-4-8-18)19-9-5-2-6-10-19/h1-15H. The lowest BCUT2D eigenvalue weighted by molar-refractivity contribution is 0.109. The Morgan fingerprint density at radius 3 is 1.57 bits per heavy atom. The molecular formula is C20H15NO2. The molecule has 0 aromatic heterocycles. The predicted molar refractivity (Wildman–Crippen MR) is 91.9 cm³/mol. The van der Waals surface area contributed by atoms with Crippen LogP contribution in [0.5, 0.6) is 0 Å². The first-order valence-corrected chi connectivity index (χ1v) is 7.28. The Bertz CT molecular complexity index is 774. The minimum Gasteiger partial charge on any atom is -0.310 e. The number of anilines is 3. The summed E-state index contributed by atoms with van der Waals surface area (Å²) in [7, 11) is 0. The number of para-hydroxylation sites is 2. The van der Waals surface area contributed by atoms with Gasteiger partial charge >= 0.3 is 0 Å². The molecule has 3 nitrogen and oxygen atoms in total. The average molecular weight is 301 g/mol. The first kappa shape index (κ1) is 14.7. The molecule has 0 aliphatic rings. The summed E-state index contributed by atoms with van der Waals surface area (Å²) in [6, 6.07) is 25.0. The number of carbonyl (C=O) groups excluding carboxylic acids is 2. The van der Waals surface area contributed by atoms with Gasteiger partial charge in [0, 0.05) is 28.2 Å². The molecule has 3 rings (SSSR count). The van der Waals surface area contributed by atoms with Crippen LogP contribution in [-0.2, 0) is 0 Å². The smallest absolute Gasteiger partial charge is 0.150 e. The third kappa shape index (κ3) is 3.04. The highest BCUT2D eigenvalue weighted by Crippen LogP contribution is 2.34. The number of benzene rings is 3. The van der Waals surface area contributed by atoms with Gasteiger partial charge in [-0.3, -0.25) is 9.59 Å². The number of hydrogen-bond donors (Lipinski definition) is 0. The van der Waals surface area contributed by atoms with Crippen molar-refractivity contribution in [2.45, 2.75) is 0 Å². The van der Waals surface area contributed by atoms with E-state index in [-0.39, 0.29) is 0 Å². The molecule has 0 aliphatic heterocycles. The van der Waals surface area contributed by atoms with Gasteiger partial charge in [0.2, 0.25) is 0 Å². The quantitative estimate of drug-likeness (QED) is 0.636. The van der Waals surface area contributed by atoms with Gasteiger partial charge in [-0.1, -0.05) is 36.4 Å². The van der Waals surface area contributed by atoms with Crippen LogP contribution in [0.4, 0.5) is 17.1 Å². The Morgan fingerprint density at radius 1 is 0.565 bits per heavy atom. The highest BCUT2D eigenvalue weighted by Gasteiger charge is 2.13. The first-order chi connectivity index (χ1) is 11.3. The van der Waals surface area contributed by atoms with Crippen LogP contribution in [0.2, 0.25) is 0 Å². The number of hydrogen-bond acceptors (Lipinski definition) is 3. The molecule has 3 aromatic rings. The van der Waals surface area contributed by atoms with Crippen LogP contribution in [0, 0.1) is 0 Å². The van der Waals surface area contributed by atoms with E-state index < -0.39 is 0 Å². The summed E-state index contributed by atoms with van der Waals surface area (Å²) in [5.41, 5.74) is 3.57. The van der Waals surface area contributed by atoms with Crippen molar-refractivity contribution < 1.29 is 9.59 Å². The molecule has 0 amide bonds. The maximum absolute atomic E-state index is 11.3. The lowest BCUT2D eigenvalue weighted by atomic mass is 10.1. The van der Waals surface area contributed by atoms with E-state index in [1.165, 1.54) is 0 Å². The molecule has 0 spiro atoms. The van der Waals surface area contributed by atoms with Crippen molar-refractivity contribution in [2.24, 2.45) is 0 Å². The third-order valence-corrected chi connectivity index (χ3v) is 3.61. The minimum absolute atomic E-state index is 0.384. The fraction of sp³-hybridized carbons (Fsp3) is 0. The van der Waals surface area contributed by atoms with E-state index in [0.717, 1.165) is 17.1 Å². The fourth-order valence-electron chi connectivity index (χ4n) is 2.51. The van der Waals surface area contributed by atoms with Crippen molar-refractivity contribution in [1.29, 1.82) is 0 Å². The lowest BCUT2D eigenvalue weighted by Crippen LogP contribution is -2.10. The highest BCUT2D eigenvalue weighted by atomic mass is 16.1. The van der Waals surface area contributed by atoms with Crippen molar-refractivity contribution >= 4 is 29.6 Å². The van der Waals surface area contributed by atoms with E-state index in [2.05, 4.69) is 0 Å². The van der Waals surface area contributed by atoms with Crippen LogP contribution < -0.4 is 4.90 Å². The van der Waals surface area contributed by atoms with Gasteiger partial charge in [0.15, 0.2) is 12.6 Å². The van der Waals surface area contributed by atoms with Gasteiger partial charge < -0.3 is 4.90 Å². The molecule has 0 unspecified atom stereocenters. The Hall–Kier alpha value is -3.20. The van der Waals surface area contributed by atoms with E-state index in [4.69, 9.17) is 0 Å². The summed E-state index contributed by atoms with van der Waals surface area (Å²) in [6.07, 6.45) is 1.41. The molecule has 23 heavy (non-hydrogen) atoms. The van der Waals surface area contributed by atoms with Crippen molar-refractivity contribution in [2.75, 3.05) is 4.90 Å². The molecule has 3 aromatic carbocycles. The maximum atomic E-state index is 11.3. The second-order valence-electron chi connectivity index (χ2n) is 5.06. The first-order valence-electron chi connectivity index (χ1n) is 7.28. The maximum Gasteiger partial charge on any atom is 0.150 e. The van der Waals surface area contributed by atoms with Crippen LogP contribution in [0.15, 0.2) is 78.9 Å². The summed E-state index contributed by atoms with van der Waals surface area (Å²) < 4.78 is 0. The normalized spacial score (nSPS) is 10.1. The molecular weight excluding hydrogens is 286 g/mol. The molecule has 3 heteroatoms. The number of aldehydes is 2. The van der Waals surface area contributed by atoms with Crippen molar-refractivity contribution in [3.63, 3.8) is 0 Å². The van der Waals surface area contributed by atoms with Crippen LogP contribution in [0.25, 0.3) is 0 Å². The van der Waals surface area contributed by atoms with Gasteiger partial charge in [0.05, 0.1) is 0 Å². The Labute approximate surface area is 134 Å². The third-order valence-electron chi connectivity index (χ3n) is 3.61. The lowest BCUT2D eigenvalue weighted by Gasteiger charge is -2.25. The Morgan fingerprint density at radius 2 is 1.09 bits per heavy atom. The van der Waals surface area contributed by atoms with E-state index in [1.54, 1.807) is 12.1 Å². The largest absolute Gasteiger partial charge is 0.310 e. The SMILES string of the molecule is O=Cc1ccc(N(c2ccccc2)c2ccccc2)cc1C=O. The van der Waals surface area contributed by atoms with E-state index >= 15 is 0 Å². The second-order valence-corrected chi connectivity index (χ2v) is 5.06. The molecule has 0 bridgehead atoms.